The average Bonchev–Trinajstić information content (AvgIpc) is 3.29. The molecule has 0 aliphatic rings. The van der Waals surface area contributed by atoms with Crippen LogP contribution >= 0.6 is 11.7 Å². The van der Waals surface area contributed by atoms with Gasteiger partial charge in [-0.2, -0.15) is 8.75 Å². The summed E-state index contributed by atoms with van der Waals surface area (Å²) >= 11 is 1.13. The predicted octanol–water partition coefficient (Wildman–Crippen LogP) is 4.59. The first-order chi connectivity index (χ1) is 13.1. The van der Waals surface area contributed by atoms with Crippen LogP contribution in [0.25, 0.3) is 32.8 Å². The van der Waals surface area contributed by atoms with E-state index in [1.54, 1.807) is 0 Å². The molecule has 7 heteroatoms. The quantitative estimate of drug-likeness (QED) is 0.474. The van der Waals surface area contributed by atoms with Gasteiger partial charge in [0.2, 0.25) is 0 Å². The molecule has 3 heterocycles. The van der Waals surface area contributed by atoms with E-state index in [2.05, 4.69) is 24.0 Å². The Bertz CT molecular complexity index is 1350. The number of carbonyl (C=O) groups excluding carboxylic acids is 1. The largest absolute Gasteiger partial charge is 0.353 e. The number of amides is 1. The Morgan fingerprint density at radius 1 is 1.07 bits per heavy atom. The predicted molar refractivity (Wildman–Crippen MR) is 108 cm³/mol. The molecule has 0 saturated carbocycles. The lowest BCUT2D eigenvalue weighted by molar-refractivity contribution is 0.102. The van der Waals surface area contributed by atoms with Gasteiger partial charge in [0.05, 0.1) is 28.6 Å². The number of nitrogens with zero attached hydrogens (tertiary/aromatic N) is 3. The van der Waals surface area contributed by atoms with Gasteiger partial charge in [-0.1, -0.05) is 24.3 Å². The molecule has 1 amide bonds. The normalized spacial score (nSPS) is 11.5. The lowest BCUT2D eigenvalue weighted by Crippen LogP contribution is -2.15. The zero-order valence-electron chi connectivity index (χ0n) is 14.7. The molecule has 3 aromatic heterocycles. The van der Waals surface area contributed by atoms with Crippen molar-refractivity contribution in [2.24, 2.45) is 0 Å². The number of aromatic amines is 1. The molecule has 0 aliphatic carbocycles. The maximum absolute atomic E-state index is 13.0. The first kappa shape index (κ1) is 15.9. The minimum Gasteiger partial charge on any atom is -0.353 e. The molecular weight excluding hydrogens is 358 g/mol. The van der Waals surface area contributed by atoms with Crippen LogP contribution in [-0.4, -0.2) is 24.6 Å². The SMILES string of the molecule is Cc1ccc2nsnc2c1NC(=O)c1cc2c([nH]c3ccccc32)c(C)n1. The van der Waals surface area contributed by atoms with E-state index in [0.29, 0.717) is 16.9 Å². The van der Waals surface area contributed by atoms with Crippen molar-refractivity contribution in [2.45, 2.75) is 13.8 Å². The first-order valence-electron chi connectivity index (χ1n) is 8.53. The van der Waals surface area contributed by atoms with Crippen LogP contribution in [0.15, 0.2) is 42.5 Å². The van der Waals surface area contributed by atoms with Gasteiger partial charge in [-0.05, 0) is 37.6 Å². The number of aryl methyl sites for hydroxylation is 2. The second-order valence-electron chi connectivity index (χ2n) is 6.53. The minimum absolute atomic E-state index is 0.256. The van der Waals surface area contributed by atoms with Crippen LogP contribution in [0.2, 0.25) is 0 Å². The van der Waals surface area contributed by atoms with Crippen molar-refractivity contribution in [3.8, 4) is 0 Å². The Balaban J connectivity index is 1.62. The summed E-state index contributed by atoms with van der Waals surface area (Å²) in [5, 5.41) is 5.05. The van der Waals surface area contributed by atoms with Crippen molar-refractivity contribution in [3.63, 3.8) is 0 Å². The van der Waals surface area contributed by atoms with Gasteiger partial charge in [-0.25, -0.2) is 4.98 Å². The summed E-state index contributed by atoms with van der Waals surface area (Å²) in [6.45, 7) is 3.85. The molecule has 0 fully saturated rings. The van der Waals surface area contributed by atoms with E-state index in [1.807, 2.05) is 56.3 Å². The fourth-order valence-corrected chi connectivity index (χ4v) is 3.95. The highest BCUT2D eigenvalue weighted by molar-refractivity contribution is 7.00. The van der Waals surface area contributed by atoms with Gasteiger partial charge < -0.3 is 10.3 Å². The number of pyridine rings is 1. The van der Waals surface area contributed by atoms with Gasteiger partial charge in [0, 0.05) is 16.3 Å². The smallest absolute Gasteiger partial charge is 0.274 e. The zero-order valence-corrected chi connectivity index (χ0v) is 15.5. The molecule has 0 radical (unpaired) electrons. The minimum atomic E-state index is -0.256. The van der Waals surface area contributed by atoms with Crippen LogP contribution in [-0.2, 0) is 0 Å². The molecule has 27 heavy (non-hydrogen) atoms. The molecule has 0 saturated heterocycles. The first-order valence-corrected chi connectivity index (χ1v) is 9.26. The van der Waals surface area contributed by atoms with E-state index in [-0.39, 0.29) is 5.91 Å². The summed E-state index contributed by atoms with van der Waals surface area (Å²) in [7, 11) is 0. The summed E-state index contributed by atoms with van der Waals surface area (Å²) in [6.07, 6.45) is 0. The highest BCUT2D eigenvalue weighted by atomic mass is 32.1. The molecule has 0 spiro atoms. The van der Waals surface area contributed by atoms with E-state index in [1.165, 1.54) is 0 Å². The summed E-state index contributed by atoms with van der Waals surface area (Å²) in [5.74, 6) is -0.256. The highest BCUT2D eigenvalue weighted by Gasteiger charge is 2.17. The van der Waals surface area contributed by atoms with Gasteiger partial charge in [-0.15, -0.1) is 0 Å². The van der Waals surface area contributed by atoms with Crippen LogP contribution < -0.4 is 5.32 Å². The van der Waals surface area contributed by atoms with E-state index >= 15 is 0 Å². The third-order valence-electron chi connectivity index (χ3n) is 4.78. The number of carbonyl (C=O) groups is 1. The molecule has 0 aliphatic heterocycles. The molecule has 2 aromatic carbocycles. The second-order valence-corrected chi connectivity index (χ2v) is 7.06. The number of hydrogen-bond acceptors (Lipinski definition) is 5. The highest BCUT2D eigenvalue weighted by Crippen LogP contribution is 2.29. The van der Waals surface area contributed by atoms with Crippen molar-refractivity contribution in [2.75, 3.05) is 5.32 Å². The fraction of sp³-hybridized carbons (Fsp3) is 0.100. The topological polar surface area (TPSA) is 83.6 Å². The Morgan fingerprint density at radius 2 is 1.93 bits per heavy atom. The maximum atomic E-state index is 13.0. The maximum Gasteiger partial charge on any atom is 0.274 e. The van der Waals surface area contributed by atoms with Gasteiger partial charge >= 0.3 is 0 Å². The van der Waals surface area contributed by atoms with Crippen LogP contribution in [0.1, 0.15) is 21.7 Å². The number of rotatable bonds is 2. The Morgan fingerprint density at radius 3 is 2.81 bits per heavy atom. The summed E-state index contributed by atoms with van der Waals surface area (Å²) < 4.78 is 8.56. The van der Waals surface area contributed by atoms with E-state index < -0.39 is 0 Å². The third-order valence-corrected chi connectivity index (χ3v) is 5.33. The van der Waals surface area contributed by atoms with Crippen molar-refractivity contribution in [1.82, 2.24) is 18.7 Å². The summed E-state index contributed by atoms with van der Waals surface area (Å²) in [4.78, 5) is 20.9. The Hall–Kier alpha value is -3.32. The molecule has 132 valence electrons. The molecule has 0 unspecified atom stereocenters. The average molecular weight is 373 g/mol. The number of para-hydroxylation sites is 1. The number of hydrogen-bond donors (Lipinski definition) is 2. The standard InChI is InChI=1S/C20H15N5OS/c1-10-7-8-15-19(25-27-24-15)17(10)23-20(26)16-9-13-12-5-3-4-6-14(12)22-18(13)11(2)21-16/h3-9,22H,1-2H3,(H,23,26). The summed E-state index contributed by atoms with van der Waals surface area (Å²) in [5.41, 5.74) is 6.26. The number of H-pyrrole nitrogens is 1. The van der Waals surface area contributed by atoms with Crippen LogP contribution in [0.3, 0.4) is 0 Å². The molecule has 6 nitrogen and oxygen atoms in total. The second kappa shape index (κ2) is 5.85. The van der Waals surface area contributed by atoms with Crippen molar-refractivity contribution in [3.05, 3.63) is 59.4 Å². The van der Waals surface area contributed by atoms with Crippen molar-refractivity contribution >= 4 is 56.2 Å². The van der Waals surface area contributed by atoms with Crippen LogP contribution in [0, 0.1) is 13.8 Å². The number of benzene rings is 2. The van der Waals surface area contributed by atoms with E-state index in [0.717, 1.165) is 50.3 Å². The monoisotopic (exact) mass is 373 g/mol. The number of aromatic nitrogens is 4. The number of anilines is 1. The lowest BCUT2D eigenvalue weighted by Gasteiger charge is -2.09. The third kappa shape index (κ3) is 2.47. The molecule has 5 rings (SSSR count). The summed E-state index contributed by atoms with van der Waals surface area (Å²) in [6, 6.07) is 13.7. The lowest BCUT2D eigenvalue weighted by atomic mass is 10.1. The molecular formula is C20H15N5OS. The number of nitrogens with one attached hydrogen (secondary N) is 2. The van der Waals surface area contributed by atoms with E-state index in [4.69, 9.17) is 0 Å². The molecule has 2 N–H and O–H groups in total. The van der Waals surface area contributed by atoms with Gasteiger partial charge in [0.25, 0.3) is 5.91 Å². The van der Waals surface area contributed by atoms with Gasteiger partial charge in [-0.3, -0.25) is 4.79 Å². The molecule has 0 bridgehead atoms. The number of fused-ring (bicyclic) bond motifs is 4. The van der Waals surface area contributed by atoms with Gasteiger partial charge in [0.1, 0.15) is 16.7 Å². The Labute approximate surface area is 158 Å². The van der Waals surface area contributed by atoms with Crippen LogP contribution in [0.4, 0.5) is 5.69 Å². The van der Waals surface area contributed by atoms with Crippen molar-refractivity contribution in [1.29, 1.82) is 0 Å². The van der Waals surface area contributed by atoms with Gasteiger partial charge in [0.15, 0.2) is 0 Å². The molecule has 0 atom stereocenters. The Kier molecular flexibility index (Phi) is 3.45. The molecule has 5 aromatic rings. The zero-order chi connectivity index (χ0) is 18.5. The van der Waals surface area contributed by atoms with Crippen LogP contribution in [0.5, 0.6) is 0 Å². The van der Waals surface area contributed by atoms with E-state index in [9.17, 15) is 4.79 Å². The fourth-order valence-electron chi connectivity index (χ4n) is 3.41. The van der Waals surface area contributed by atoms with Crippen molar-refractivity contribution < 1.29 is 4.79 Å².